The van der Waals surface area contributed by atoms with Gasteiger partial charge in [-0.2, -0.15) is 0 Å². The van der Waals surface area contributed by atoms with Crippen LogP contribution in [0.15, 0.2) is 11.6 Å². The molecule has 14 heavy (non-hydrogen) atoms. The van der Waals surface area contributed by atoms with Gasteiger partial charge in [0.15, 0.2) is 0 Å². The molecule has 0 spiro atoms. The van der Waals surface area contributed by atoms with Crippen molar-refractivity contribution in [1.29, 1.82) is 0 Å². The van der Waals surface area contributed by atoms with E-state index in [2.05, 4.69) is 11.4 Å². The van der Waals surface area contributed by atoms with E-state index in [9.17, 15) is 4.79 Å². The van der Waals surface area contributed by atoms with E-state index in [4.69, 9.17) is 4.74 Å². The molecule has 3 nitrogen and oxygen atoms in total. The van der Waals surface area contributed by atoms with E-state index in [1.807, 2.05) is 6.92 Å². The van der Waals surface area contributed by atoms with Crippen molar-refractivity contribution in [2.24, 2.45) is 0 Å². The van der Waals surface area contributed by atoms with Gasteiger partial charge < -0.3 is 10.1 Å². The Hall–Kier alpha value is -0.990. The number of hydrogen-bond acceptors (Lipinski definition) is 2. The minimum atomic E-state index is -0.302. The number of hydrogen-bond donors (Lipinski definition) is 1. The highest BCUT2D eigenvalue weighted by Gasteiger charge is 2.04. The van der Waals surface area contributed by atoms with Gasteiger partial charge in [-0.3, -0.25) is 0 Å². The van der Waals surface area contributed by atoms with Gasteiger partial charge in [-0.05, 0) is 39.0 Å². The zero-order valence-corrected chi connectivity index (χ0v) is 8.84. The molecule has 1 rings (SSSR count). The second kappa shape index (κ2) is 6.46. The first-order chi connectivity index (χ1) is 6.83. The topological polar surface area (TPSA) is 38.3 Å². The number of nitrogens with one attached hydrogen (secondary N) is 1. The van der Waals surface area contributed by atoms with Crippen molar-refractivity contribution in [3.8, 4) is 0 Å². The number of carbonyl (C=O) groups is 1. The molecule has 0 unspecified atom stereocenters. The van der Waals surface area contributed by atoms with Gasteiger partial charge in [0, 0.05) is 6.54 Å². The molecular formula is C11H19NO2. The summed E-state index contributed by atoms with van der Waals surface area (Å²) in [4.78, 5) is 10.9. The minimum Gasteiger partial charge on any atom is -0.450 e. The molecule has 1 aliphatic rings. The van der Waals surface area contributed by atoms with Gasteiger partial charge >= 0.3 is 6.09 Å². The van der Waals surface area contributed by atoms with Crippen LogP contribution < -0.4 is 5.32 Å². The maximum Gasteiger partial charge on any atom is 0.407 e. The second-order valence-corrected chi connectivity index (χ2v) is 3.51. The Labute approximate surface area is 85.5 Å². The third-order valence-electron chi connectivity index (χ3n) is 2.38. The molecule has 0 saturated carbocycles. The van der Waals surface area contributed by atoms with Crippen LogP contribution in [0.4, 0.5) is 4.79 Å². The molecule has 0 saturated heterocycles. The van der Waals surface area contributed by atoms with Crippen molar-refractivity contribution < 1.29 is 9.53 Å². The van der Waals surface area contributed by atoms with E-state index in [-0.39, 0.29) is 6.09 Å². The van der Waals surface area contributed by atoms with E-state index in [1.54, 1.807) is 0 Å². The predicted octanol–water partition coefficient (Wildman–Crippen LogP) is 2.62. The normalized spacial score (nSPS) is 15.9. The van der Waals surface area contributed by atoms with Gasteiger partial charge in [0.05, 0.1) is 6.61 Å². The Morgan fingerprint density at radius 2 is 2.43 bits per heavy atom. The van der Waals surface area contributed by atoms with Gasteiger partial charge in [0.2, 0.25) is 0 Å². The molecule has 0 atom stereocenters. The van der Waals surface area contributed by atoms with E-state index in [1.165, 1.54) is 31.3 Å². The molecule has 1 amide bonds. The summed E-state index contributed by atoms with van der Waals surface area (Å²) in [6.45, 7) is 2.95. The molecule has 0 radical (unpaired) electrons. The molecule has 1 N–H and O–H groups in total. The Kier molecular flexibility index (Phi) is 5.12. The maximum atomic E-state index is 10.9. The van der Waals surface area contributed by atoms with Gasteiger partial charge in [-0.1, -0.05) is 11.6 Å². The smallest absolute Gasteiger partial charge is 0.407 e. The Morgan fingerprint density at radius 1 is 1.57 bits per heavy atom. The summed E-state index contributed by atoms with van der Waals surface area (Å²) < 4.78 is 4.76. The minimum absolute atomic E-state index is 0.302. The summed E-state index contributed by atoms with van der Waals surface area (Å²) in [6.07, 6.45) is 7.98. The van der Waals surface area contributed by atoms with Crippen LogP contribution >= 0.6 is 0 Å². The summed E-state index contributed by atoms with van der Waals surface area (Å²) in [5.41, 5.74) is 1.48. The molecule has 3 heteroatoms. The van der Waals surface area contributed by atoms with E-state index >= 15 is 0 Å². The Balaban J connectivity index is 2.08. The average Bonchev–Trinajstić information content (AvgIpc) is 2.20. The van der Waals surface area contributed by atoms with Crippen LogP contribution in [0.3, 0.4) is 0 Å². The lowest BCUT2D eigenvalue weighted by Gasteiger charge is -2.12. The fourth-order valence-electron chi connectivity index (χ4n) is 1.64. The van der Waals surface area contributed by atoms with Crippen LogP contribution in [-0.4, -0.2) is 19.2 Å². The fourth-order valence-corrected chi connectivity index (χ4v) is 1.64. The monoisotopic (exact) mass is 197 g/mol. The molecule has 0 heterocycles. The zero-order chi connectivity index (χ0) is 10.2. The van der Waals surface area contributed by atoms with Gasteiger partial charge in [-0.15, -0.1) is 0 Å². The van der Waals surface area contributed by atoms with Crippen molar-refractivity contribution >= 4 is 6.09 Å². The summed E-state index contributed by atoms with van der Waals surface area (Å²) in [6, 6.07) is 0. The number of alkyl carbamates (subject to hydrolysis) is 1. The summed E-state index contributed by atoms with van der Waals surface area (Å²) in [7, 11) is 0. The first-order valence-corrected chi connectivity index (χ1v) is 5.41. The third kappa shape index (κ3) is 4.30. The predicted molar refractivity (Wildman–Crippen MR) is 56.2 cm³/mol. The summed E-state index contributed by atoms with van der Waals surface area (Å²) in [5.74, 6) is 0. The highest BCUT2D eigenvalue weighted by molar-refractivity contribution is 5.66. The van der Waals surface area contributed by atoms with Gasteiger partial charge in [0.1, 0.15) is 0 Å². The Bertz CT molecular complexity index is 211. The van der Waals surface area contributed by atoms with Crippen LogP contribution in [0, 0.1) is 0 Å². The molecule has 0 aromatic rings. The highest BCUT2D eigenvalue weighted by atomic mass is 16.5. The zero-order valence-electron chi connectivity index (χ0n) is 8.84. The first kappa shape index (κ1) is 11.1. The molecule has 0 aromatic heterocycles. The standard InChI is InChI=1S/C11H19NO2/c1-2-14-11(13)12-9-8-10-6-4-3-5-7-10/h6H,2-5,7-9H2,1H3,(H,12,13). The van der Waals surface area contributed by atoms with Gasteiger partial charge in [-0.25, -0.2) is 4.79 Å². The lowest BCUT2D eigenvalue weighted by molar-refractivity contribution is 0.152. The Morgan fingerprint density at radius 3 is 3.07 bits per heavy atom. The number of allylic oxidation sites excluding steroid dienone is 1. The average molecular weight is 197 g/mol. The number of rotatable bonds is 4. The molecule has 0 aliphatic heterocycles. The SMILES string of the molecule is CCOC(=O)NCCC1=CCCCC1. The van der Waals surface area contributed by atoms with Crippen molar-refractivity contribution in [3.63, 3.8) is 0 Å². The largest absolute Gasteiger partial charge is 0.450 e. The van der Waals surface area contributed by atoms with Crippen molar-refractivity contribution in [2.75, 3.05) is 13.2 Å². The van der Waals surface area contributed by atoms with Crippen molar-refractivity contribution in [2.45, 2.75) is 39.0 Å². The van der Waals surface area contributed by atoms with Crippen molar-refractivity contribution in [1.82, 2.24) is 5.32 Å². The van der Waals surface area contributed by atoms with E-state index in [0.717, 1.165) is 6.42 Å². The molecule has 80 valence electrons. The van der Waals surface area contributed by atoms with E-state index < -0.39 is 0 Å². The lowest BCUT2D eigenvalue weighted by Crippen LogP contribution is -2.25. The van der Waals surface area contributed by atoms with E-state index in [0.29, 0.717) is 13.2 Å². The second-order valence-electron chi connectivity index (χ2n) is 3.51. The van der Waals surface area contributed by atoms with Crippen molar-refractivity contribution in [3.05, 3.63) is 11.6 Å². The lowest BCUT2D eigenvalue weighted by atomic mass is 9.97. The molecular weight excluding hydrogens is 178 g/mol. The number of carbonyl (C=O) groups excluding carboxylic acids is 1. The molecule has 0 aromatic carbocycles. The summed E-state index contributed by atoms with van der Waals surface area (Å²) in [5, 5.41) is 2.73. The molecule has 0 fully saturated rings. The summed E-state index contributed by atoms with van der Waals surface area (Å²) >= 11 is 0. The molecule has 0 bridgehead atoms. The van der Waals surface area contributed by atoms with Crippen LogP contribution in [0.2, 0.25) is 0 Å². The first-order valence-electron chi connectivity index (χ1n) is 5.41. The number of amides is 1. The van der Waals surface area contributed by atoms with Crippen LogP contribution in [0.1, 0.15) is 39.0 Å². The third-order valence-corrected chi connectivity index (χ3v) is 2.38. The number of ether oxygens (including phenoxy) is 1. The quantitative estimate of drug-likeness (QED) is 0.703. The maximum absolute atomic E-state index is 10.9. The van der Waals surface area contributed by atoms with Crippen LogP contribution in [0.5, 0.6) is 0 Å². The van der Waals surface area contributed by atoms with Gasteiger partial charge in [0.25, 0.3) is 0 Å². The van der Waals surface area contributed by atoms with Crippen LogP contribution in [-0.2, 0) is 4.74 Å². The van der Waals surface area contributed by atoms with Crippen LogP contribution in [0.25, 0.3) is 0 Å². The highest BCUT2D eigenvalue weighted by Crippen LogP contribution is 2.19. The fraction of sp³-hybridized carbons (Fsp3) is 0.727. The molecule has 1 aliphatic carbocycles.